The number of fused-ring (bicyclic) bond motifs is 1. The normalized spacial score (nSPS) is 12.8. The van der Waals surface area contributed by atoms with Gasteiger partial charge in [0.25, 0.3) is 0 Å². The van der Waals surface area contributed by atoms with Gasteiger partial charge in [-0.1, -0.05) is 89.7 Å². The Hall–Kier alpha value is -4.38. The molecule has 0 fully saturated rings. The standard InChI is InChI=1S/C39H52N4O/c1-12-28(5)40-26-30(13-2)36(24-27(4)39(7,8)9)42-38(14-3)41-35-22-23-37(34-21-16-15-20-33(34)35)44-32-19-17-18-31(25-32)29(6)43(10)11/h14-25,40-42H,5-6,12-13,26H2,1-4,7-11H3/b27-24+,36-30+,38-14-. The predicted octanol–water partition coefficient (Wildman–Crippen LogP) is 10.2. The first-order valence-electron chi connectivity index (χ1n) is 15.6. The zero-order valence-corrected chi connectivity index (χ0v) is 28.3. The van der Waals surface area contributed by atoms with E-state index in [9.17, 15) is 0 Å². The quantitative estimate of drug-likeness (QED) is 0.163. The van der Waals surface area contributed by atoms with Gasteiger partial charge in [-0.15, -0.1) is 0 Å². The van der Waals surface area contributed by atoms with Crippen molar-refractivity contribution in [3.05, 3.63) is 120 Å². The molecule has 0 aliphatic carbocycles. The van der Waals surface area contributed by atoms with Crippen LogP contribution in [0.1, 0.15) is 66.9 Å². The average Bonchev–Trinajstić information content (AvgIpc) is 3.00. The molecule has 3 N–H and O–H groups in total. The number of rotatable bonds is 14. The Kier molecular flexibility index (Phi) is 11.9. The minimum Gasteiger partial charge on any atom is -0.457 e. The number of hydrogen-bond acceptors (Lipinski definition) is 5. The molecule has 234 valence electrons. The minimum absolute atomic E-state index is 0.0565. The predicted molar refractivity (Wildman–Crippen MR) is 192 cm³/mol. The van der Waals surface area contributed by atoms with Crippen molar-refractivity contribution in [1.82, 2.24) is 15.5 Å². The number of benzene rings is 3. The van der Waals surface area contributed by atoms with Crippen LogP contribution in [-0.4, -0.2) is 25.5 Å². The summed E-state index contributed by atoms with van der Waals surface area (Å²) in [4.78, 5) is 2.00. The molecule has 0 amide bonds. The van der Waals surface area contributed by atoms with Crippen LogP contribution in [0.4, 0.5) is 5.69 Å². The van der Waals surface area contributed by atoms with E-state index in [1.807, 2.05) is 62.3 Å². The number of allylic oxidation sites excluding steroid dienone is 4. The lowest BCUT2D eigenvalue weighted by Crippen LogP contribution is -2.24. The summed E-state index contributed by atoms with van der Waals surface area (Å²) in [5.74, 6) is 2.48. The molecule has 0 heterocycles. The molecule has 44 heavy (non-hydrogen) atoms. The molecule has 0 unspecified atom stereocenters. The van der Waals surface area contributed by atoms with Gasteiger partial charge in [0.15, 0.2) is 0 Å². The second-order valence-electron chi connectivity index (χ2n) is 12.3. The van der Waals surface area contributed by atoms with E-state index < -0.39 is 0 Å². The molecule has 5 nitrogen and oxygen atoms in total. The Morgan fingerprint density at radius 3 is 2.25 bits per heavy atom. The highest BCUT2D eigenvalue weighted by Gasteiger charge is 2.16. The first-order valence-corrected chi connectivity index (χ1v) is 15.6. The van der Waals surface area contributed by atoms with Crippen LogP contribution in [0.25, 0.3) is 16.5 Å². The van der Waals surface area contributed by atoms with Gasteiger partial charge in [-0.3, -0.25) is 0 Å². The molecule has 0 aliphatic rings. The maximum atomic E-state index is 6.44. The number of nitrogens with one attached hydrogen (secondary N) is 3. The van der Waals surface area contributed by atoms with E-state index >= 15 is 0 Å². The van der Waals surface area contributed by atoms with Crippen molar-refractivity contribution in [1.29, 1.82) is 0 Å². The Bertz CT molecular complexity index is 1570. The maximum Gasteiger partial charge on any atom is 0.135 e. The highest BCUT2D eigenvalue weighted by Crippen LogP contribution is 2.36. The zero-order valence-electron chi connectivity index (χ0n) is 28.3. The van der Waals surface area contributed by atoms with Gasteiger partial charge in [0.05, 0.1) is 0 Å². The molecule has 0 aliphatic heterocycles. The zero-order chi connectivity index (χ0) is 32.4. The highest BCUT2D eigenvalue weighted by atomic mass is 16.5. The third-order valence-corrected chi connectivity index (χ3v) is 7.98. The number of nitrogens with zero attached hydrogens (tertiary/aromatic N) is 1. The Morgan fingerprint density at radius 2 is 1.64 bits per heavy atom. The molecule has 0 radical (unpaired) electrons. The van der Waals surface area contributed by atoms with Crippen molar-refractivity contribution >= 4 is 22.2 Å². The number of ether oxygens (including phenoxy) is 1. The second kappa shape index (κ2) is 15.4. The fraction of sp³-hybridized carbons (Fsp3) is 0.333. The van der Waals surface area contributed by atoms with Crippen molar-refractivity contribution in [3.8, 4) is 11.5 Å². The van der Waals surface area contributed by atoms with Crippen molar-refractivity contribution < 1.29 is 4.74 Å². The molecule has 0 saturated carbocycles. The summed E-state index contributed by atoms with van der Waals surface area (Å²) in [5.41, 5.74) is 7.75. The van der Waals surface area contributed by atoms with Crippen molar-refractivity contribution in [2.24, 2.45) is 5.41 Å². The molecule has 3 aromatic carbocycles. The lowest BCUT2D eigenvalue weighted by atomic mass is 9.86. The van der Waals surface area contributed by atoms with E-state index in [2.05, 4.69) is 107 Å². The summed E-state index contributed by atoms with van der Waals surface area (Å²) in [6, 6.07) is 20.5. The molecule has 3 aromatic rings. The second-order valence-corrected chi connectivity index (χ2v) is 12.3. The lowest BCUT2D eigenvalue weighted by Gasteiger charge is -2.24. The summed E-state index contributed by atoms with van der Waals surface area (Å²) >= 11 is 0. The van der Waals surface area contributed by atoms with E-state index in [0.29, 0.717) is 0 Å². The third kappa shape index (κ3) is 9.06. The van der Waals surface area contributed by atoms with Crippen LogP contribution in [0.5, 0.6) is 11.5 Å². The van der Waals surface area contributed by atoms with E-state index in [1.165, 1.54) is 11.1 Å². The average molecular weight is 593 g/mol. The first kappa shape index (κ1) is 34.1. The molecule has 5 heteroatoms. The van der Waals surface area contributed by atoms with Gasteiger partial charge in [-0.05, 0) is 74.1 Å². The van der Waals surface area contributed by atoms with Gasteiger partial charge in [-0.2, -0.15) is 0 Å². The van der Waals surface area contributed by atoms with Crippen LogP contribution in [0, 0.1) is 5.41 Å². The van der Waals surface area contributed by atoms with Gasteiger partial charge in [0, 0.05) is 59.8 Å². The van der Waals surface area contributed by atoms with Gasteiger partial charge < -0.3 is 25.6 Å². The molecule has 0 spiro atoms. The maximum absolute atomic E-state index is 6.44. The largest absolute Gasteiger partial charge is 0.457 e. The monoisotopic (exact) mass is 592 g/mol. The molecule has 0 saturated heterocycles. The molecular weight excluding hydrogens is 540 g/mol. The van der Waals surface area contributed by atoms with E-state index in [1.54, 1.807) is 0 Å². The topological polar surface area (TPSA) is 48.6 Å². The summed E-state index contributed by atoms with van der Waals surface area (Å²) in [5, 5.41) is 13.0. The third-order valence-electron chi connectivity index (χ3n) is 7.98. The summed E-state index contributed by atoms with van der Waals surface area (Å²) < 4.78 is 6.44. The Labute approximate surface area is 266 Å². The Balaban J connectivity index is 1.96. The van der Waals surface area contributed by atoms with Crippen molar-refractivity contribution in [3.63, 3.8) is 0 Å². The Morgan fingerprint density at radius 1 is 0.932 bits per heavy atom. The fourth-order valence-electron chi connectivity index (χ4n) is 4.49. The summed E-state index contributed by atoms with van der Waals surface area (Å²) in [6.07, 6.45) is 6.18. The van der Waals surface area contributed by atoms with Gasteiger partial charge in [-0.25, -0.2) is 0 Å². The van der Waals surface area contributed by atoms with Crippen molar-refractivity contribution in [2.45, 2.75) is 61.3 Å². The van der Waals surface area contributed by atoms with E-state index in [4.69, 9.17) is 4.74 Å². The SMILES string of the molecule is C=C(CC)NC/C(CC)=C(\C=C(/C)C(C)(C)C)N/C(=C\C)Nc1ccc(Oc2cccc(C(=C)N(C)C)c2)c2ccccc12. The number of anilines is 1. The first-order chi connectivity index (χ1) is 20.9. The molecule has 0 atom stereocenters. The highest BCUT2D eigenvalue weighted by molar-refractivity contribution is 5.98. The fourth-order valence-corrected chi connectivity index (χ4v) is 4.49. The molecule has 3 rings (SSSR count). The van der Waals surface area contributed by atoms with Crippen LogP contribution in [0.15, 0.2) is 114 Å². The van der Waals surface area contributed by atoms with Crippen LogP contribution in [-0.2, 0) is 0 Å². The van der Waals surface area contributed by atoms with E-state index in [-0.39, 0.29) is 5.41 Å². The molecule has 0 bridgehead atoms. The van der Waals surface area contributed by atoms with Gasteiger partial charge in [0.1, 0.15) is 17.3 Å². The van der Waals surface area contributed by atoms with Gasteiger partial charge >= 0.3 is 0 Å². The van der Waals surface area contributed by atoms with Crippen LogP contribution in [0.3, 0.4) is 0 Å². The number of hydrogen-bond donors (Lipinski definition) is 3. The van der Waals surface area contributed by atoms with Crippen LogP contribution in [0.2, 0.25) is 0 Å². The summed E-state index contributed by atoms with van der Waals surface area (Å²) in [6.45, 7) is 24.4. The van der Waals surface area contributed by atoms with Crippen LogP contribution >= 0.6 is 0 Å². The summed E-state index contributed by atoms with van der Waals surface area (Å²) in [7, 11) is 3.99. The smallest absolute Gasteiger partial charge is 0.135 e. The van der Waals surface area contributed by atoms with Gasteiger partial charge in [0.2, 0.25) is 0 Å². The van der Waals surface area contributed by atoms with Crippen LogP contribution < -0.4 is 20.7 Å². The van der Waals surface area contributed by atoms with Crippen molar-refractivity contribution in [2.75, 3.05) is 26.0 Å². The van der Waals surface area contributed by atoms with E-state index in [0.717, 1.165) is 75.8 Å². The lowest BCUT2D eigenvalue weighted by molar-refractivity contribution is 0.488. The molecule has 0 aromatic heterocycles. The minimum atomic E-state index is 0.0565. The molecular formula is C39H52N4O.